The van der Waals surface area contributed by atoms with Gasteiger partial charge in [0, 0.05) is 4.88 Å². The van der Waals surface area contributed by atoms with Gasteiger partial charge in [-0.15, -0.1) is 16.4 Å². The van der Waals surface area contributed by atoms with Gasteiger partial charge in [0.1, 0.15) is 16.5 Å². The van der Waals surface area contributed by atoms with Crippen molar-refractivity contribution >= 4 is 33.3 Å². The standard InChI is InChI=1S/C18H16FN5OS2/c1-8-9(2)26-17-13(8)16(25)20-14(21-17)10(3)27-18-22-15(23-24-18)11-6-4-5-7-12(11)19/h4-7,10H,1-3H3,(H,20,21,25)(H,22,23,24). The maximum absolute atomic E-state index is 13.9. The van der Waals surface area contributed by atoms with Gasteiger partial charge in [0.05, 0.1) is 16.2 Å². The number of thiophene rings is 1. The molecule has 0 spiro atoms. The van der Waals surface area contributed by atoms with Gasteiger partial charge in [-0.05, 0) is 38.5 Å². The molecule has 0 aliphatic heterocycles. The van der Waals surface area contributed by atoms with E-state index in [0.717, 1.165) is 15.3 Å². The molecule has 0 aliphatic carbocycles. The predicted octanol–water partition coefficient (Wildman–Crippen LogP) is 4.38. The summed E-state index contributed by atoms with van der Waals surface area (Å²) in [4.78, 5) is 26.1. The van der Waals surface area contributed by atoms with Gasteiger partial charge in [0.25, 0.3) is 5.56 Å². The number of aromatic nitrogens is 5. The summed E-state index contributed by atoms with van der Waals surface area (Å²) in [5.41, 5.74) is 1.20. The zero-order valence-electron chi connectivity index (χ0n) is 14.8. The van der Waals surface area contributed by atoms with Gasteiger partial charge in [-0.1, -0.05) is 23.9 Å². The van der Waals surface area contributed by atoms with Crippen LogP contribution in [0.1, 0.15) is 28.4 Å². The summed E-state index contributed by atoms with van der Waals surface area (Å²) < 4.78 is 13.9. The van der Waals surface area contributed by atoms with Crippen LogP contribution in [0.4, 0.5) is 4.39 Å². The Balaban J connectivity index is 1.62. The third kappa shape index (κ3) is 3.28. The van der Waals surface area contributed by atoms with Crippen LogP contribution >= 0.6 is 23.1 Å². The monoisotopic (exact) mass is 401 g/mol. The van der Waals surface area contributed by atoms with Crippen molar-refractivity contribution in [3.63, 3.8) is 0 Å². The van der Waals surface area contributed by atoms with E-state index in [1.165, 1.54) is 29.2 Å². The van der Waals surface area contributed by atoms with Crippen LogP contribution in [0.25, 0.3) is 21.6 Å². The second kappa shape index (κ2) is 6.90. The van der Waals surface area contributed by atoms with Gasteiger partial charge < -0.3 is 4.98 Å². The number of aromatic amines is 2. The molecule has 4 rings (SSSR count). The second-order valence-electron chi connectivity index (χ2n) is 6.12. The Hall–Kier alpha value is -2.52. The Morgan fingerprint density at radius 3 is 2.78 bits per heavy atom. The zero-order valence-corrected chi connectivity index (χ0v) is 16.5. The molecule has 0 saturated heterocycles. The minimum absolute atomic E-state index is 0.133. The van der Waals surface area contributed by atoms with E-state index < -0.39 is 0 Å². The first kappa shape index (κ1) is 17.9. The van der Waals surface area contributed by atoms with Gasteiger partial charge in [-0.25, -0.2) is 14.4 Å². The van der Waals surface area contributed by atoms with Crippen molar-refractivity contribution in [2.75, 3.05) is 0 Å². The molecule has 0 radical (unpaired) electrons. The third-order valence-corrected chi connectivity index (χ3v) is 6.39. The first-order valence-corrected chi connectivity index (χ1v) is 9.97. The Bertz CT molecular complexity index is 1200. The molecule has 0 bridgehead atoms. The SMILES string of the molecule is Cc1sc2nc(C(C)Sc3n[nH]c(-c4ccccc4F)n3)[nH]c(=O)c2c1C. The van der Waals surface area contributed by atoms with Crippen molar-refractivity contribution < 1.29 is 4.39 Å². The highest BCUT2D eigenvalue weighted by Crippen LogP contribution is 2.33. The van der Waals surface area contributed by atoms with Crippen LogP contribution in [0.2, 0.25) is 0 Å². The van der Waals surface area contributed by atoms with E-state index in [1.54, 1.807) is 18.2 Å². The largest absolute Gasteiger partial charge is 0.309 e. The molecule has 0 fully saturated rings. The van der Waals surface area contributed by atoms with E-state index in [4.69, 9.17) is 0 Å². The Labute approximate surface area is 162 Å². The summed E-state index contributed by atoms with van der Waals surface area (Å²) in [6, 6.07) is 6.38. The number of hydrogen-bond acceptors (Lipinski definition) is 6. The highest BCUT2D eigenvalue weighted by Gasteiger charge is 2.18. The van der Waals surface area contributed by atoms with Gasteiger partial charge in [0.15, 0.2) is 5.82 Å². The quantitative estimate of drug-likeness (QED) is 0.496. The molecule has 27 heavy (non-hydrogen) atoms. The van der Waals surface area contributed by atoms with E-state index in [1.807, 2.05) is 20.8 Å². The first-order valence-electron chi connectivity index (χ1n) is 8.28. The normalized spacial score (nSPS) is 12.6. The number of hydrogen-bond donors (Lipinski definition) is 2. The first-order chi connectivity index (χ1) is 12.9. The smallest absolute Gasteiger partial charge is 0.259 e. The molecule has 3 heterocycles. The molecule has 6 nitrogen and oxygen atoms in total. The number of halogens is 1. The highest BCUT2D eigenvalue weighted by atomic mass is 32.2. The fraction of sp³-hybridized carbons (Fsp3) is 0.222. The molecule has 2 N–H and O–H groups in total. The Morgan fingerprint density at radius 2 is 2.00 bits per heavy atom. The van der Waals surface area contributed by atoms with Crippen molar-refractivity contribution in [1.82, 2.24) is 25.1 Å². The summed E-state index contributed by atoms with van der Waals surface area (Å²) in [5, 5.41) is 7.84. The number of benzene rings is 1. The minimum Gasteiger partial charge on any atom is -0.309 e. The summed E-state index contributed by atoms with van der Waals surface area (Å²) in [6.45, 7) is 5.83. The molecule has 0 saturated carbocycles. The lowest BCUT2D eigenvalue weighted by Crippen LogP contribution is -2.12. The molecule has 1 aromatic carbocycles. The Kier molecular flexibility index (Phi) is 4.56. The second-order valence-corrected chi connectivity index (χ2v) is 8.63. The molecule has 4 aromatic rings. The number of fused-ring (bicyclic) bond motifs is 1. The van der Waals surface area contributed by atoms with Crippen LogP contribution in [-0.2, 0) is 0 Å². The molecule has 3 aromatic heterocycles. The van der Waals surface area contributed by atoms with Gasteiger partial charge in [-0.3, -0.25) is 9.89 Å². The van der Waals surface area contributed by atoms with Crippen LogP contribution in [0.3, 0.4) is 0 Å². The maximum Gasteiger partial charge on any atom is 0.259 e. The number of rotatable bonds is 4. The summed E-state index contributed by atoms with van der Waals surface area (Å²) >= 11 is 2.86. The third-order valence-electron chi connectivity index (χ3n) is 4.32. The van der Waals surface area contributed by atoms with Crippen LogP contribution in [0, 0.1) is 19.7 Å². The lowest BCUT2D eigenvalue weighted by molar-refractivity contribution is 0.630. The van der Waals surface area contributed by atoms with Crippen molar-refractivity contribution in [2.24, 2.45) is 0 Å². The van der Waals surface area contributed by atoms with Crippen molar-refractivity contribution in [3.8, 4) is 11.4 Å². The molecule has 0 amide bonds. The Morgan fingerprint density at radius 1 is 1.22 bits per heavy atom. The minimum atomic E-state index is -0.363. The topological polar surface area (TPSA) is 87.3 Å². The van der Waals surface area contributed by atoms with E-state index in [-0.39, 0.29) is 16.6 Å². The van der Waals surface area contributed by atoms with Gasteiger partial charge in [0.2, 0.25) is 5.16 Å². The van der Waals surface area contributed by atoms with Crippen LogP contribution < -0.4 is 5.56 Å². The van der Waals surface area contributed by atoms with E-state index in [9.17, 15) is 9.18 Å². The number of H-pyrrole nitrogens is 2. The molecule has 0 aliphatic rings. The number of nitrogens with zero attached hydrogens (tertiary/aromatic N) is 3. The van der Waals surface area contributed by atoms with E-state index in [2.05, 4.69) is 25.1 Å². The average Bonchev–Trinajstić information content (AvgIpc) is 3.20. The fourth-order valence-electron chi connectivity index (χ4n) is 2.75. The van der Waals surface area contributed by atoms with E-state index >= 15 is 0 Å². The van der Waals surface area contributed by atoms with Crippen molar-refractivity contribution in [2.45, 2.75) is 31.2 Å². The average molecular weight is 401 g/mol. The highest BCUT2D eigenvalue weighted by molar-refractivity contribution is 7.99. The molecule has 138 valence electrons. The number of nitrogens with one attached hydrogen (secondary N) is 2. The van der Waals surface area contributed by atoms with Crippen molar-refractivity contribution in [1.29, 1.82) is 0 Å². The molecule has 9 heteroatoms. The predicted molar refractivity (Wildman–Crippen MR) is 106 cm³/mol. The fourth-order valence-corrected chi connectivity index (χ4v) is 4.57. The van der Waals surface area contributed by atoms with Crippen LogP contribution in [0.5, 0.6) is 0 Å². The lowest BCUT2D eigenvalue weighted by atomic mass is 10.2. The molecule has 1 atom stereocenters. The molecule has 1 unspecified atom stereocenters. The van der Waals surface area contributed by atoms with Gasteiger partial charge in [-0.2, -0.15) is 0 Å². The zero-order chi connectivity index (χ0) is 19.1. The maximum atomic E-state index is 13.9. The van der Waals surface area contributed by atoms with Crippen LogP contribution in [0.15, 0.2) is 34.2 Å². The summed E-state index contributed by atoms with van der Waals surface area (Å²) in [7, 11) is 0. The van der Waals surface area contributed by atoms with Gasteiger partial charge >= 0.3 is 0 Å². The molecular formula is C18H16FN5OS2. The van der Waals surface area contributed by atoms with Crippen LogP contribution in [-0.4, -0.2) is 25.1 Å². The van der Waals surface area contributed by atoms with Crippen molar-refractivity contribution in [3.05, 3.63) is 56.7 Å². The summed E-state index contributed by atoms with van der Waals surface area (Å²) in [6.07, 6.45) is 0. The molecular weight excluding hydrogens is 385 g/mol. The number of thioether (sulfide) groups is 1. The number of aryl methyl sites for hydroxylation is 2. The summed E-state index contributed by atoms with van der Waals surface area (Å²) in [5.74, 6) is 0.568. The lowest BCUT2D eigenvalue weighted by Gasteiger charge is -2.07. The van der Waals surface area contributed by atoms with E-state index in [0.29, 0.717) is 27.8 Å².